The molecule has 3 heterocycles. The lowest BCUT2D eigenvalue weighted by Crippen LogP contribution is -2.52. The minimum atomic E-state index is -0.499. The van der Waals surface area contributed by atoms with Crippen molar-refractivity contribution in [2.75, 3.05) is 18.1 Å². The minimum Gasteiger partial charge on any atom is -0.374 e. The van der Waals surface area contributed by atoms with Gasteiger partial charge in [-0.3, -0.25) is 14.3 Å². The number of aromatic nitrogens is 3. The highest BCUT2D eigenvalue weighted by atomic mass is 19.1. The van der Waals surface area contributed by atoms with E-state index in [-0.39, 0.29) is 29.2 Å². The molecule has 6 nitrogen and oxygen atoms in total. The fraction of sp³-hybridized carbons (Fsp3) is 0.381. The quantitative estimate of drug-likeness (QED) is 0.817. The number of halogens is 1. The lowest BCUT2D eigenvalue weighted by molar-refractivity contribution is -0.00208. The summed E-state index contributed by atoms with van der Waals surface area (Å²) in [6.45, 7) is 3.20. The molecular weight excluding hydrogens is 359 g/mol. The van der Waals surface area contributed by atoms with Gasteiger partial charge in [-0.2, -0.15) is 0 Å². The van der Waals surface area contributed by atoms with Crippen molar-refractivity contribution in [2.45, 2.75) is 25.5 Å². The molecule has 2 aromatic rings. The van der Waals surface area contributed by atoms with Crippen LogP contribution in [0.15, 0.2) is 53.6 Å². The van der Waals surface area contributed by atoms with Crippen molar-refractivity contribution in [1.82, 2.24) is 14.5 Å². The first-order chi connectivity index (χ1) is 13.5. The first-order valence-corrected chi connectivity index (χ1v) is 9.44. The Morgan fingerprint density at radius 3 is 2.93 bits per heavy atom. The van der Waals surface area contributed by atoms with Gasteiger partial charge >= 0.3 is 0 Å². The highest BCUT2D eigenvalue weighted by Gasteiger charge is 2.32. The second-order valence-electron chi connectivity index (χ2n) is 7.28. The number of anilines is 1. The van der Waals surface area contributed by atoms with Crippen molar-refractivity contribution in [2.24, 2.45) is 13.0 Å². The molecule has 7 heteroatoms. The maximum atomic E-state index is 14.2. The average Bonchev–Trinajstić information content (AvgIpc) is 2.72. The summed E-state index contributed by atoms with van der Waals surface area (Å²) in [4.78, 5) is 23.1. The first-order valence-electron chi connectivity index (χ1n) is 9.44. The van der Waals surface area contributed by atoms with Gasteiger partial charge in [-0.25, -0.2) is 9.37 Å². The minimum absolute atomic E-state index is 0.00983. The number of nitrogens with zero attached hydrogens (tertiary/aromatic N) is 4. The van der Waals surface area contributed by atoms with Crippen LogP contribution in [0.2, 0.25) is 0 Å². The zero-order valence-electron chi connectivity index (χ0n) is 16.0. The van der Waals surface area contributed by atoms with Gasteiger partial charge in [0.05, 0.1) is 30.6 Å². The standard InChI is InChI=1S/C21H23FN4O2/c1-14-13-28-19(15-6-4-3-5-7-15)12-26(14)21-24-18(10-20(27)25(21)2)16-8-9-23-11-17(16)22/h3-6,8-11,14-15,19H,7,12-13H2,1-2H3/t14-,15?,19+/m1/s1. The Morgan fingerprint density at radius 1 is 1.32 bits per heavy atom. The molecule has 1 unspecified atom stereocenters. The van der Waals surface area contributed by atoms with E-state index < -0.39 is 5.82 Å². The molecule has 2 aliphatic rings. The van der Waals surface area contributed by atoms with E-state index in [2.05, 4.69) is 27.0 Å². The summed E-state index contributed by atoms with van der Waals surface area (Å²) < 4.78 is 21.8. The maximum Gasteiger partial charge on any atom is 0.255 e. The van der Waals surface area contributed by atoms with Crippen LogP contribution >= 0.6 is 0 Å². The molecule has 1 aliphatic carbocycles. The van der Waals surface area contributed by atoms with E-state index in [1.54, 1.807) is 7.05 Å². The van der Waals surface area contributed by atoms with E-state index in [1.165, 1.54) is 22.9 Å². The first kappa shape index (κ1) is 18.6. The molecule has 0 bridgehead atoms. The summed E-state index contributed by atoms with van der Waals surface area (Å²) in [5.41, 5.74) is 0.354. The van der Waals surface area contributed by atoms with Crippen LogP contribution in [0.4, 0.5) is 10.3 Å². The Morgan fingerprint density at radius 2 is 2.18 bits per heavy atom. The Balaban J connectivity index is 1.70. The summed E-state index contributed by atoms with van der Waals surface area (Å²) in [7, 11) is 1.69. The Bertz CT molecular complexity index is 985. The molecule has 0 saturated carbocycles. The summed E-state index contributed by atoms with van der Waals surface area (Å²) >= 11 is 0. The second-order valence-corrected chi connectivity index (χ2v) is 7.28. The van der Waals surface area contributed by atoms with Crippen molar-refractivity contribution in [3.63, 3.8) is 0 Å². The van der Waals surface area contributed by atoms with Gasteiger partial charge in [0.25, 0.3) is 5.56 Å². The lowest BCUT2D eigenvalue weighted by Gasteiger charge is -2.41. The Labute approximate surface area is 163 Å². The van der Waals surface area contributed by atoms with Gasteiger partial charge in [0.2, 0.25) is 5.95 Å². The number of allylic oxidation sites excluding steroid dienone is 3. The van der Waals surface area contributed by atoms with Gasteiger partial charge in [0, 0.05) is 37.3 Å². The van der Waals surface area contributed by atoms with Crippen LogP contribution in [0.25, 0.3) is 11.3 Å². The molecule has 4 rings (SSSR count). The van der Waals surface area contributed by atoms with Crippen LogP contribution in [0, 0.1) is 11.7 Å². The lowest BCUT2D eigenvalue weighted by atomic mass is 9.93. The number of pyridine rings is 1. The number of morpholine rings is 1. The van der Waals surface area contributed by atoms with E-state index in [0.717, 1.165) is 12.6 Å². The maximum absolute atomic E-state index is 14.2. The van der Waals surface area contributed by atoms with E-state index in [1.807, 2.05) is 19.1 Å². The predicted molar refractivity (Wildman–Crippen MR) is 106 cm³/mol. The van der Waals surface area contributed by atoms with E-state index in [9.17, 15) is 9.18 Å². The van der Waals surface area contributed by atoms with Crippen molar-refractivity contribution in [1.29, 1.82) is 0 Å². The third-order valence-corrected chi connectivity index (χ3v) is 5.37. The molecule has 0 spiro atoms. The smallest absolute Gasteiger partial charge is 0.255 e. The molecular formula is C21H23FN4O2. The van der Waals surface area contributed by atoms with Crippen molar-refractivity contribution >= 4 is 5.95 Å². The van der Waals surface area contributed by atoms with E-state index in [4.69, 9.17) is 4.74 Å². The van der Waals surface area contributed by atoms with Gasteiger partial charge in [-0.1, -0.05) is 24.3 Å². The van der Waals surface area contributed by atoms with Gasteiger partial charge in [0.1, 0.15) is 0 Å². The highest BCUT2D eigenvalue weighted by molar-refractivity contribution is 5.60. The fourth-order valence-corrected chi connectivity index (χ4v) is 3.70. The van der Waals surface area contributed by atoms with Crippen LogP contribution < -0.4 is 10.5 Å². The summed E-state index contributed by atoms with van der Waals surface area (Å²) in [5.74, 6) is 0.314. The van der Waals surface area contributed by atoms with Crippen molar-refractivity contribution < 1.29 is 9.13 Å². The van der Waals surface area contributed by atoms with Gasteiger partial charge in [-0.05, 0) is 19.4 Å². The van der Waals surface area contributed by atoms with Gasteiger partial charge in [-0.15, -0.1) is 0 Å². The van der Waals surface area contributed by atoms with Crippen molar-refractivity contribution in [3.05, 3.63) is 65.0 Å². The Kier molecular flexibility index (Phi) is 5.09. The van der Waals surface area contributed by atoms with Crippen LogP contribution in [0.5, 0.6) is 0 Å². The summed E-state index contributed by atoms with van der Waals surface area (Å²) in [6.07, 6.45) is 11.9. The normalized spacial score (nSPS) is 24.5. The monoisotopic (exact) mass is 382 g/mol. The summed E-state index contributed by atoms with van der Waals surface area (Å²) in [6, 6.07) is 2.94. The van der Waals surface area contributed by atoms with Crippen LogP contribution in [-0.4, -0.2) is 39.8 Å². The van der Waals surface area contributed by atoms with Gasteiger partial charge < -0.3 is 9.64 Å². The molecule has 28 heavy (non-hydrogen) atoms. The van der Waals surface area contributed by atoms with Crippen LogP contribution in [0.3, 0.4) is 0 Å². The summed E-state index contributed by atoms with van der Waals surface area (Å²) in [5, 5.41) is 0. The fourth-order valence-electron chi connectivity index (χ4n) is 3.70. The molecule has 0 aromatic carbocycles. The van der Waals surface area contributed by atoms with Crippen LogP contribution in [-0.2, 0) is 11.8 Å². The number of hydrogen-bond donors (Lipinski definition) is 0. The highest BCUT2D eigenvalue weighted by Crippen LogP contribution is 2.28. The third-order valence-electron chi connectivity index (χ3n) is 5.37. The molecule has 146 valence electrons. The molecule has 0 N–H and O–H groups in total. The van der Waals surface area contributed by atoms with E-state index >= 15 is 0 Å². The number of hydrogen-bond acceptors (Lipinski definition) is 5. The van der Waals surface area contributed by atoms with Crippen molar-refractivity contribution in [3.8, 4) is 11.3 Å². The Hall–Kier alpha value is -2.80. The zero-order chi connectivity index (χ0) is 19.7. The van der Waals surface area contributed by atoms with Gasteiger partial charge in [0.15, 0.2) is 5.82 Å². The second kappa shape index (κ2) is 7.67. The molecule has 3 atom stereocenters. The molecule has 1 saturated heterocycles. The molecule has 1 aliphatic heterocycles. The average molecular weight is 382 g/mol. The largest absolute Gasteiger partial charge is 0.374 e. The number of rotatable bonds is 3. The topological polar surface area (TPSA) is 60.2 Å². The number of ether oxygens (including phenoxy) is 1. The molecule has 1 fully saturated rings. The zero-order valence-corrected chi connectivity index (χ0v) is 16.0. The molecule has 0 radical (unpaired) electrons. The van der Waals surface area contributed by atoms with Crippen LogP contribution in [0.1, 0.15) is 13.3 Å². The third kappa shape index (κ3) is 3.49. The van der Waals surface area contributed by atoms with E-state index in [0.29, 0.717) is 24.8 Å². The molecule has 0 amide bonds. The predicted octanol–water partition coefficient (Wildman–Crippen LogP) is 2.71. The SMILES string of the molecule is C[C@@H]1CO[C@H](C2C=CC=CC2)CN1c1nc(-c2ccncc2F)cc(=O)n1C. The molecule has 2 aromatic heterocycles.